The molecule has 0 fully saturated rings. The first-order valence-corrected chi connectivity index (χ1v) is 7.05. The van der Waals surface area contributed by atoms with Gasteiger partial charge in [-0.2, -0.15) is 0 Å². The predicted octanol–water partition coefficient (Wildman–Crippen LogP) is 3.17. The number of hydrogen-bond donors (Lipinski definition) is 1. The maximum Gasteiger partial charge on any atom is 0.216 e. The summed E-state index contributed by atoms with van der Waals surface area (Å²) in [5.74, 6) is 0.202. The third-order valence-electron chi connectivity index (χ3n) is 3.11. The van der Waals surface area contributed by atoms with Crippen molar-refractivity contribution >= 4 is 11.6 Å². The summed E-state index contributed by atoms with van der Waals surface area (Å²) >= 11 is 5.97. The molecule has 1 atom stereocenters. The minimum absolute atomic E-state index is 0.215. The van der Waals surface area contributed by atoms with Crippen molar-refractivity contribution in [2.45, 2.75) is 19.4 Å². The van der Waals surface area contributed by atoms with E-state index in [-0.39, 0.29) is 11.9 Å². The number of halogens is 2. The minimum Gasteiger partial charge on any atom is -0.481 e. The van der Waals surface area contributed by atoms with Gasteiger partial charge in [0.1, 0.15) is 12.1 Å². The van der Waals surface area contributed by atoms with Gasteiger partial charge in [-0.15, -0.1) is 0 Å². The van der Waals surface area contributed by atoms with Crippen LogP contribution in [0.2, 0.25) is 5.02 Å². The number of nitrogens with one attached hydrogen (secondary N) is 1. The van der Waals surface area contributed by atoms with E-state index >= 15 is 0 Å². The summed E-state index contributed by atoms with van der Waals surface area (Å²) < 4.78 is 19.1. The van der Waals surface area contributed by atoms with Gasteiger partial charge in [0, 0.05) is 34.8 Å². The lowest BCUT2D eigenvalue weighted by Gasteiger charge is -2.19. The highest BCUT2D eigenvalue weighted by Crippen LogP contribution is 2.24. The molecule has 0 aliphatic heterocycles. The zero-order valence-corrected chi connectivity index (χ0v) is 12.7. The number of likely N-dealkylation sites (N-methyl/N-ethyl adjacent to an activating group) is 1. The van der Waals surface area contributed by atoms with E-state index in [4.69, 9.17) is 16.3 Å². The molecule has 0 spiro atoms. The van der Waals surface area contributed by atoms with Gasteiger partial charge in [-0.1, -0.05) is 18.5 Å². The SMILES string of the molecule is CCNC(Cc1cc(OC)ncn1)c1cc(Cl)ccc1F. The Morgan fingerprint density at radius 1 is 1.33 bits per heavy atom. The van der Waals surface area contributed by atoms with Crippen LogP contribution >= 0.6 is 11.6 Å². The molecular formula is C15H17ClFN3O. The van der Waals surface area contributed by atoms with Crippen molar-refractivity contribution < 1.29 is 9.13 Å². The molecule has 2 rings (SSSR count). The molecule has 1 aromatic carbocycles. The van der Waals surface area contributed by atoms with Gasteiger partial charge in [-0.3, -0.25) is 0 Å². The number of hydrogen-bond acceptors (Lipinski definition) is 4. The lowest BCUT2D eigenvalue weighted by atomic mass is 10.0. The molecule has 1 heterocycles. The van der Waals surface area contributed by atoms with E-state index in [1.54, 1.807) is 19.2 Å². The van der Waals surface area contributed by atoms with Crippen molar-refractivity contribution in [3.05, 3.63) is 52.7 Å². The van der Waals surface area contributed by atoms with Gasteiger partial charge in [-0.25, -0.2) is 14.4 Å². The van der Waals surface area contributed by atoms with Crippen molar-refractivity contribution in [1.29, 1.82) is 0 Å². The van der Waals surface area contributed by atoms with Crippen molar-refractivity contribution in [3.8, 4) is 5.88 Å². The van der Waals surface area contributed by atoms with Crippen LogP contribution in [0, 0.1) is 5.82 Å². The summed E-state index contributed by atoms with van der Waals surface area (Å²) in [7, 11) is 1.55. The molecule has 0 aliphatic carbocycles. The van der Waals surface area contributed by atoms with Crippen LogP contribution in [0.3, 0.4) is 0 Å². The zero-order valence-electron chi connectivity index (χ0n) is 11.9. The molecule has 0 saturated heterocycles. The number of ether oxygens (including phenoxy) is 1. The van der Waals surface area contributed by atoms with Gasteiger partial charge in [0.25, 0.3) is 0 Å². The second kappa shape index (κ2) is 7.33. The number of rotatable bonds is 6. The minimum atomic E-state index is -0.286. The summed E-state index contributed by atoms with van der Waals surface area (Å²) in [5, 5.41) is 3.76. The molecule has 0 aliphatic rings. The van der Waals surface area contributed by atoms with E-state index in [1.165, 1.54) is 18.5 Å². The highest BCUT2D eigenvalue weighted by atomic mass is 35.5. The molecule has 1 aromatic heterocycles. The van der Waals surface area contributed by atoms with Crippen molar-refractivity contribution in [3.63, 3.8) is 0 Å². The molecule has 0 amide bonds. The van der Waals surface area contributed by atoms with E-state index in [2.05, 4.69) is 15.3 Å². The standard InChI is InChI=1S/C15H17ClFN3O/c1-3-18-14(12-6-10(16)4-5-13(12)17)7-11-8-15(21-2)20-9-19-11/h4-6,8-9,14,18H,3,7H2,1-2H3. The lowest BCUT2D eigenvalue weighted by Crippen LogP contribution is -2.24. The molecule has 6 heteroatoms. The molecule has 1 N–H and O–H groups in total. The Hall–Kier alpha value is -1.72. The van der Waals surface area contributed by atoms with Crippen LogP contribution in [0.25, 0.3) is 0 Å². The summed E-state index contributed by atoms with van der Waals surface area (Å²) in [6, 6.07) is 6.09. The maximum absolute atomic E-state index is 14.0. The van der Waals surface area contributed by atoms with Crippen LogP contribution in [-0.2, 0) is 6.42 Å². The first-order valence-electron chi connectivity index (χ1n) is 6.67. The first kappa shape index (κ1) is 15.7. The van der Waals surface area contributed by atoms with Gasteiger partial charge in [0.2, 0.25) is 5.88 Å². The van der Waals surface area contributed by atoms with Gasteiger partial charge in [0.05, 0.1) is 7.11 Å². The Labute approximate surface area is 128 Å². The smallest absolute Gasteiger partial charge is 0.216 e. The van der Waals surface area contributed by atoms with Crippen molar-refractivity contribution in [2.24, 2.45) is 0 Å². The van der Waals surface area contributed by atoms with E-state index in [0.29, 0.717) is 29.4 Å². The Bertz CT molecular complexity index is 609. The Balaban J connectivity index is 2.28. The van der Waals surface area contributed by atoms with Crippen LogP contribution in [0.1, 0.15) is 24.2 Å². The average Bonchev–Trinajstić information content (AvgIpc) is 2.49. The molecule has 2 aromatic rings. The van der Waals surface area contributed by atoms with Crippen molar-refractivity contribution in [2.75, 3.05) is 13.7 Å². The fraction of sp³-hybridized carbons (Fsp3) is 0.333. The van der Waals surface area contributed by atoms with Gasteiger partial charge >= 0.3 is 0 Å². The van der Waals surface area contributed by atoms with Crippen LogP contribution < -0.4 is 10.1 Å². The third kappa shape index (κ3) is 4.12. The average molecular weight is 310 g/mol. The van der Waals surface area contributed by atoms with Crippen molar-refractivity contribution in [1.82, 2.24) is 15.3 Å². The lowest BCUT2D eigenvalue weighted by molar-refractivity contribution is 0.395. The highest BCUT2D eigenvalue weighted by molar-refractivity contribution is 6.30. The van der Waals surface area contributed by atoms with Crippen LogP contribution in [0.15, 0.2) is 30.6 Å². The Morgan fingerprint density at radius 3 is 2.86 bits per heavy atom. The maximum atomic E-state index is 14.0. The van der Waals surface area contributed by atoms with Crippen LogP contribution in [-0.4, -0.2) is 23.6 Å². The van der Waals surface area contributed by atoms with E-state index in [1.807, 2.05) is 6.92 Å². The zero-order chi connectivity index (χ0) is 15.2. The predicted molar refractivity (Wildman–Crippen MR) is 80.1 cm³/mol. The summed E-state index contributed by atoms with van der Waals surface area (Å²) in [4.78, 5) is 8.17. The molecule has 112 valence electrons. The highest BCUT2D eigenvalue weighted by Gasteiger charge is 2.17. The monoisotopic (exact) mass is 309 g/mol. The summed E-state index contributed by atoms with van der Waals surface area (Å²) in [6.07, 6.45) is 1.95. The molecule has 21 heavy (non-hydrogen) atoms. The molecule has 0 radical (unpaired) electrons. The summed E-state index contributed by atoms with van der Waals surface area (Å²) in [6.45, 7) is 2.68. The fourth-order valence-corrected chi connectivity index (χ4v) is 2.31. The molecular weight excluding hydrogens is 293 g/mol. The number of methoxy groups -OCH3 is 1. The van der Waals surface area contributed by atoms with Crippen LogP contribution in [0.4, 0.5) is 4.39 Å². The normalized spacial score (nSPS) is 12.2. The topological polar surface area (TPSA) is 47.0 Å². The third-order valence-corrected chi connectivity index (χ3v) is 3.34. The van der Waals surface area contributed by atoms with E-state index in [0.717, 1.165) is 5.69 Å². The first-order chi connectivity index (χ1) is 10.1. The molecule has 0 saturated carbocycles. The Kier molecular flexibility index (Phi) is 5.47. The van der Waals surface area contributed by atoms with Crippen LogP contribution in [0.5, 0.6) is 5.88 Å². The van der Waals surface area contributed by atoms with Gasteiger partial charge in [0.15, 0.2) is 0 Å². The van der Waals surface area contributed by atoms with E-state index in [9.17, 15) is 4.39 Å². The second-order valence-electron chi connectivity index (χ2n) is 4.53. The van der Waals surface area contributed by atoms with E-state index < -0.39 is 0 Å². The molecule has 4 nitrogen and oxygen atoms in total. The number of nitrogens with zero attached hydrogens (tertiary/aromatic N) is 2. The summed E-state index contributed by atoms with van der Waals surface area (Å²) in [5.41, 5.74) is 1.30. The van der Waals surface area contributed by atoms with Gasteiger partial charge < -0.3 is 10.1 Å². The fourth-order valence-electron chi connectivity index (χ4n) is 2.13. The molecule has 1 unspecified atom stereocenters. The number of aromatic nitrogens is 2. The number of benzene rings is 1. The second-order valence-corrected chi connectivity index (χ2v) is 4.97. The quantitative estimate of drug-likeness (QED) is 0.890. The Morgan fingerprint density at radius 2 is 2.14 bits per heavy atom. The largest absolute Gasteiger partial charge is 0.481 e. The van der Waals surface area contributed by atoms with Gasteiger partial charge in [-0.05, 0) is 24.7 Å². The molecule has 0 bridgehead atoms.